The van der Waals surface area contributed by atoms with Crippen molar-refractivity contribution in [3.05, 3.63) is 53.9 Å². The third-order valence-corrected chi connectivity index (χ3v) is 3.04. The van der Waals surface area contributed by atoms with Gasteiger partial charge in [0.2, 0.25) is 0 Å². The number of fused-ring (bicyclic) bond motifs is 1. The van der Waals surface area contributed by atoms with Crippen molar-refractivity contribution in [1.82, 2.24) is 14.6 Å². The topological polar surface area (TPSA) is 73.3 Å². The zero-order valence-corrected chi connectivity index (χ0v) is 11.0. The number of carbonyl (C=O) groups excluding carboxylic acids is 1. The van der Waals surface area contributed by atoms with Crippen molar-refractivity contribution < 1.29 is 18.0 Å². The lowest BCUT2D eigenvalue weighted by Gasteiger charge is -2.10. The Morgan fingerprint density at radius 3 is 2.41 bits per heavy atom. The first-order chi connectivity index (χ1) is 10.4. The minimum absolute atomic E-state index is 0.0949. The molecule has 0 saturated carbocycles. The number of amides is 1. The molecule has 2 heterocycles. The van der Waals surface area contributed by atoms with E-state index in [0.717, 1.165) is 12.1 Å². The SMILES string of the molecule is NC(=O)c1cc2nc(-c3ccccc3)cc(C(F)(F)F)n2n1. The number of nitrogens with two attached hydrogens (primary N) is 1. The van der Waals surface area contributed by atoms with Gasteiger partial charge in [0.15, 0.2) is 17.0 Å². The average Bonchev–Trinajstić information content (AvgIpc) is 2.90. The van der Waals surface area contributed by atoms with Gasteiger partial charge in [-0.3, -0.25) is 4.79 Å². The molecule has 2 N–H and O–H groups in total. The maximum Gasteiger partial charge on any atom is 0.433 e. The predicted octanol–water partition coefficient (Wildman–Crippen LogP) is 2.51. The number of halogens is 3. The molecule has 5 nitrogen and oxygen atoms in total. The van der Waals surface area contributed by atoms with Gasteiger partial charge in [-0.2, -0.15) is 18.3 Å². The molecule has 0 radical (unpaired) electrons. The quantitative estimate of drug-likeness (QED) is 0.790. The van der Waals surface area contributed by atoms with E-state index in [-0.39, 0.29) is 17.0 Å². The molecule has 0 saturated heterocycles. The summed E-state index contributed by atoms with van der Waals surface area (Å²) in [5, 5.41) is 3.57. The van der Waals surface area contributed by atoms with Gasteiger partial charge in [-0.1, -0.05) is 30.3 Å². The van der Waals surface area contributed by atoms with Crippen molar-refractivity contribution >= 4 is 11.6 Å². The Morgan fingerprint density at radius 1 is 1.14 bits per heavy atom. The number of hydrogen-bond acceptors (Lipinski definition) is 3. The van der Waals surface area contributed by atoms with E-state index < -0.39 is 17.8 Å². The molecule has 22 heavy (non-hydrogen) atoms. The minimum atomic E-state index is -4.65. The van der Waals surface area contributed by atoms with Crippen molar-refractivity contribution in [2.24, 2.45) is 5.73 Å². The predicted molar refractivity (Wildman–Crippen MR) is 71.9 cm³/mol. The first-order valence-electron chi connectivity index (χ1n) is 6.19. The van der Waals surface area contributed by atoms with Gasteiger partial charge < -0.3 is 5.73 Å². The zero-order valence-electron chi connectivity index (χ0n) is 11.0. The molecule has 0 aliphatic rings. The molecule has 0 aliphatic heterocycles. The maximum atomic E-state index is 13.2. The third-order valence-electron chi connectivity index (χ3n) is 3.04. The second-order valence-corrected chi connectivity index (χ2v) is 4.55. The van der Waals surface area contributed by atoms with E-state index in [1.54, 1.807) is 30.3 Å². The van der Waals surface area contributed by atoms with Gasteiger partial charge in [0.25, 0.3) is 5.91 Å². The minimum Gasteiger partial charge on any atom is -0.364 e. The van der Waals surface area contributed by atoms with Crippen molar-refractivity contribution in [2.75, 3.05) is 0 Å². The van der Waals surface area contributed by atoms with Crippen LogP contribution in [0.15, 0.2) is 42.5 Å². The fraction of sp³-hybridized carbons (Fsp3) is 0.0714. The molecular weight excluding hydrogens is 297 g/mol. The fourth-order valence-electron chi connectivity index (χ4n) is 2.05. The van der Waals surface area contributed by atoms with Gasteiger partial charge >= 0.3 is 6.18 Å². The van der Waals surface area contributed by atoms with E-state index in [0.29, 0.717) is 10.1 Å². The Morgan fingerprint density at radius 2 is 1.82 bits per heavy atom. The summed E-state index contributed by atoms with van der Waals surface area (Å²) < 4.78 is 40.2. The highest BCUT2D eigenvalue weighted by Crippen LogP contribution is 2.32. The summed E-state index contributed by atoms with van der Waals surface area (Å²) in [7, 11) is 0. The van der Waals surface area contributed by atoms with Gasteiger partial charge in [0.05, 0.1) is 5.69 Å². The molecule has 0 atom stereocenters. The van der Waals surface area contributed by atoms with Crippen LogP contribution in [0.3, 0.4) is 0 Å². The normalized spacial score (nSPS) is 11.8. The molecule has 1 amide bonds. The second-order valence-electron chi connectivity index (χ2n) is 4.55. The Bertz CT molecular complexity index is 856. The first kappa shape index (κ1) is 14.1. The lowest BCUT2D eigenvalue weighted by Crippen LogP contribution is -2.15. The summed E-state index contributed by atoms with van der Waals surface area (Å²) in [5.74, 6) is -0.917. The lowest BCUT2D eigenvalue weighted by molar-refractivity contribution is -0.142. The number of nitrogens with zero attached hydrogens (tertiary/aromatic N) is 3. The third kappa shape index (κ3) is 2.39. The summed E-state index contributed by atoms with van der Waals surface area (Å²) in [6, 6.07) is 10.4. The van der Waals surface area contributed by atoms with Crippen LogP contribution < -0.4 is 5.73 Å². The highest BCUT2D eigenvalue weighted by Gasteiger charge is 2.35. The Kier molecular flexibility index (Phi) is 3.09. The molecule has 3 rings (SSSR count). The van der Waals surface area contributed by atoms with E-state index in [1.165, 1.54) is 0 Å². The molecule has 0 fully saturated rings. The van der Waals surface area contributed by atoms with Crippen molar-refractivity contribution in [3.63, 3.8) is 0 Å². The van der Waals surface area contributed by atoms with Crippen molar-refractivity contribution in [3.8, 4) is 11.3 Å². The number of aromatic nitrogens is 3. The number of rotatable bonds is 2. The Hall–Kier alpha value is -2.90. The zero-order chi connectivity index (χ0) is 15.9. The summed E-state index contributed by atoms with van der Waals surface area (Å²) in [6.45, 7) is 0. The lowest BCUT2D eigenvalue weighted by atomic mass is 10.1. The van der Waals surface area contributed by atoms with E-state index in [2.05, 4.69) is 10.1 Å². The van der Waals surface area contributed by atoms with E-state index in [4.69, 9.17) is 5.73 Å². The van der Waals surface area contributed by atoms with Crippen LogP contribution in [0.2, 0.25) is 0 Å². The molecular formula is C14H9F3N4O. The van der Waals surface area contributed by atoms with E-state index in [1.807, 2.05) is 0 Å². The Balaban J connectivity index is 2.31. The van der Waals surface area contributed by atoms with Gasteiger partial charge in [-0.15, -0.1) is 0 Å². The number of carbonyl (C=O) groups is 1. The largest absolute Gasteiger partial charge is 0.433 e. The molecule has 0 bridgehead atoms. The fourth-order valence-corrected chi connectivity index (χ4v) is 2.05. The van der Waals surface area contributed by atoms with Gasteiger partial charge in [0.1, 0.15) is 0 Å². The van der Waals surface area contributed by atoms with Gasteiger partial charge in [-0.05, 0) is 6.07 Å². The summed E-state index contributed by atoms with van der Waals surface area (Å²) in [5.41, 5.74) is 4.33. The van der Waals surface area contributed by atoms with Crippen molar-refractivity contribution in [2.45, 2.75) is 6.18 Å². The van der Waals surface area contributed by atoms with Crippen LogP contribution in [-0.2, 0) is 6.18 Å². The van der Waals surface area contributed by atoms with E-state index in [9.17, 15) is 18.0 Å². The van der Waals surface area contributed by atoms with Crippen molar-refractivity contribution in [1.29, 1.82) is 0 Å². The van der Waals surface area contributed by atoms with Crippen LogP contribution in [0.5, 0.6) is 0 Å². The number of hydrogen-bond donors (Lipinski definition) is 1. The molecule has 112 valence electrons. The summed E-state index contributed by atoms with van der Waals surface area (Å²) in [4.78, 5) is 15.2. The standard InChI is InChI=1S/C14H9F3N4O/c15-14(16,17)11-6-9(8-4-2-1-3-5-8)19-12-7-10(13(18)22)20-21(11)12/h1-7H,(H2,18,22). The average molecular weight is 306 g/mol. The molecule has 3 aromatic rings. The second kappa shape index (κ2) is 4.83. The van der Waals surface area contributed by atoms with Crippen LogP contribution in [0.25, 0.3) is 16.9 Å². The van der Waals surface area contributed by atoms with Gasteiger partial charge in [0, 0.05) is 11.6 Å². The molecule has 0 aliphatic carbocycles. The first-order valence-corrected chi connectivity index (χ1v) is 6.19. The molecule has 1 aromatic carbocycles. The summed E-state index contributed by atoms with van der Waals surface area (Å²) in [6.07, 6.45) is -4.65. The highest BCUT2D eigenvalue weighted by molar-refractivity contribution is 5.91. The smallest absolute Gasteiger partial charge is 0.364 e. The molecule has 2 aromatic heterocycles. The van der Waals surface area contributed by atoms with Crippen LogP contribution in [0.1, 0.15) is 16.2 Å². The number of alkyl halides is 3. The van der Waals surface area contributed by atoms with Crippen LogP contribution in [-0.4, -0.2) is 20.5 Å². The summed E-state index contributed by atoms with van der Waals surface area (Å²) >= 11 is 0. The highest BCUT2D eigenvalue weighted by atomic mass is 19.4. The molecule has 0 unspecified atom stereocenters. The van der Waals surface area contributed by atoms with E-state index >= 15 is 0 Å². The molecule has 0 spiro atoms. The van der Waals surface area contributed by atoms with Crippen LogP contribution in [0.4, 0.5) is 13.2 Å². The van der Waals surface area contributed by atoms with Crippen LogP contribution in [0, 0.1) is 0 Å². The maximum absolute atomic E-state index is 13.2. The van der Waals surface area contributed by atoms with Gasteiger partial charge in [-0.25, -0.2) is 9.50 Å². The number of primary amides is 1. The number of benzene rings is 1. The Labute approximate surface area is 122 Å². The monoisotopic (exact) mass is 306 g/mol. The molecule has 8 heteroatoms. The van der Waals surface area contributed by atoms with Crippen LogP contribution >= 0.6 is 0 Å².